The first kappa shape index (κ1) is 19.7. The Morgan fingerprint density at radius 3 is 2.88 bits per heavy atom. The minimum atomic E-state index is -0.215. The molecule has 1 aliphatic rings. The van der Waals surface area contributed by atoms with Crippen LogP contribution in [0.4, 0.5) is 0 Å². The van der Waals surface area contributed by atoms with E-state index in [1.807, 2.05) is 12.1 Å². The lowest BCUT2D eigenvalue weighted by Crippen LogP contribution is -2.44. The number of nitrogens with zero attached hydrogens (tertiary/aromatic N) is 2. The summed E-state index contributed by atoms with van der Waals surface area (Å²) in [6.45, 7) is 5.84. The van der Waals surface area contributed by atoms with Gasteiger partial charge in [-0.1, -0.05) is 28.9 Å². The number of carbonyl (C=O) groups is 1. The standard InChI is InChI=1S/C17H21ClN4O2.ClH/c18-14-4-1-3-13(11-14)16-12-15(21-24-16)17(23)20-5-2-8-22-9-6-19-7-10-22;/h1,3-4,11-12,19H,2,5-10H2,(H,20,23);1H. The Labute approximate surface area is 158 Å². The molecule has 2 heterocycles. The highest BCUT2D eigenvalue weighted by molar-refractivity contribution is 6.30. The molecule has 1 aromatic heterocycles. The number of amides is 1. The number of piperazine rings is 1. The third-order valence-corrected chi connectivity index (χ3v) is 4.23. The highest BCUT2D eigenvalue weighted by Crippen LogP contribution is 2.23. The molecule has 2 N–H and O–H groups in total. The lowest BCUT2D eigenvalue weighted by atomic mass is 10.1. The van der Waals surface area contributed by atoms with Crippen molar-refractivity contribution in [3.63, 3.8) is 0 Å². The van der Waals surface area contributed by atoms with Crippen molar-refractivity contribution in [1.29, 1.82) is 0 Å². The summed E-state index contributed by atoms with van der Waals surface area (Å²) in [4.78, 5) is 14.5. The summed E-state index contributed by atoms with van der Waals surface area (Å²) >= 11 is 5.96. The van der Waals surface area contributed by atoms with Gasteiger partial charge in [-0.15, -0.1) is 12.4 Å². The molecule has 1 fully saturated rings. The second-order valence-corrected chi connectivity index (χ2v) is 6.22. The highest BCUT2D eigenvalue weighted by atomic mass is 35.5. The second kappa shape index (κ2) is 9.77. The number of rotatable bonds is 6. The Hall–Kier alpha value is -1.60. The molecule has 3 rings (SSSR count). The predicted molar refractivity (Wildman–Crippen MR) is 100 cm³/mol. The zero-order chi connectivity index (χ0) is 16.8. The van der Waals surface area contributed by atoms with Crippen LogP contribution in [-0.4, -0.2) is 55.2 Å². The fourth-order valence-corrected chi connectivity index (χ4v) is 2.88. The van der Waals surface area contributed by atoms with Gasteiger partial charge >= 0.3 is 0 Å². The van der Waals surface area contributed by atoms with Crippen molar-refractivity contribution >= 4 is 29.9 Å². The summed E-state index contributed by atoms with van der Waals surface area (Å²) in [5.41, 5.74) is 1.08. The molecule has 25 heavy (non-hydrogen) atoms. The Kier molecular flexibility index (Phi) is 7.71. The van der Waals surface area contributed by atoms with Gasteiger partial charge in [-0.05, 0) is 25.1 Å². The van der Waals surface area contributed by atoms with Gasteiger partial charge in [-0.25, -0.2) is 0 Å². The number of aromatic nitrogens is 1. The Bertz CT molecular complexity index is 687. The van der Waals surface area contributed by atoms with Gasteiger partial charge in [-0.2, -0.15) is 0 Å². The molecule has 1 aromatic carbocycles. The zero-order valence-corrected chi connectivity index (χ0v) is 15.4. The molecule has 1 aliphatic heterocycles. The van der Waals surface area contributed by atoms with Crippen LogP contribution in [0.2, 0.25) is 5.02 Å². The molecule has 0 spiro atoms. The first-order valence-corrected chi connectivity index (χ1v) is 8.54. The normalized spacial score (nSPS) is 14.8. The van der Waals surface area contributed by atoms with E-state index >= 15 is 0 Å². The maximum absolute atomic E-state index is 12.1. The van der Waals surface area contributed by atoms with E-state index in [2.05, 4.69) is 20.7 Å². The molecule has 0 aliphatic carbocycles. The van der Waals surface area contributed by atoms with E-state index in [4.69, 9.17) is 16.1 Å². The van der Waals surface area contributed by atoms with Gasteiger partial charge in [0.25, 0.3) is 5.91 Å². The summed E-state index contributed by atoms with van der Waals surface area (Å²) < 4.78 is 5.24. The number of benzene rings is 1. The van der Waals surface area contributed by atoms with Crippen LogP contribution in [-0.2, 0) is 0 Å². The van der Waals surface area contributed by atoms with Gasteiger partial charge in [0.05, 0.1) is 0 Å². The van der Waals surface area contributed by atoms with Crippen molar-refractivity contribution in [3.05, 3.63) is 41.0 Å². The number of carbonyl (C=O) groups excluding carboxylic acids is 1. The topological polar surface area (TPSA) is 70.4 Å². The summed E-state index contributed by atoms with van der Waals surface area (Å²) in [7, 11) is 0. The van der Waals surface area contributed by atoms with Gasteiger partial charge in [0, 0.05) is 49.4 Å². The van der Waals surface area contributed by atoms with Crippen molar-refractivity contribution in [2.24, 2.45) is 0 Å². The molecule has 0 atom stereocenters. The maximum atomic E-state index is 12.1. The average molecular weight is 385 g/mol. The Morgan fingerprint density at radius 2 is 2.12 bits per heavy atom. The average Bonchev–Trinajstić information content (AvgIpc) is 3.10. The molecular formula is C17H22Cl2N4O2. The quantitative estimate of drug-likeness (QED) is 0.748. The van der Waals surface area contributed by atoms with E-state index in [-0.39, 0.29) is 24.0 Å². The zero-order valence-electron chi connectivity index (χ0n) is 13.8. The van der Waals surface area contributed by atoms with Crippen molar-refractivity contribution in [3.8, 4) is 11.3 Å². The lowest BCUT2D eigenvalue weighted by molar-refractivity contribution is 0.0942. The molecule has 2 aromatic rings. The van der Waals surface area contributed by atoms with E-state index in [1.165, 1.54) is 0 Å². The van der Waals surface area contributed by atoms with Crippen molar-refractivity contribution in [2.45, 2.75) is 6.42 Å². The van der Waals surface area contributed by atoms with Crippen molar-refractivity contribution in [1.82, 2.24) is 20.7 Å². The number of hydrogen-bond acceptors (Lipinski definition) is 5. The van der Waals surface area contributed by atoms with Crippen LogP contribution in [0.5, 0.6) is 0 Å². The molecule has 6 nitrogen and oxygen atoms in total. The molecule has 0 radical (unpaired) electrons. The van der Waals surface area contributed by atoms with Gasteiger partial charge in [0.2, 0.25) is 0 Å². The maximum Gasteiger partial charge on any atom is 0.273 e. The van der Waals surface area contributed by atoms with Crippen LogP contribution < -0.4 is 10.6 Å². The molecule has 1 saturated heterocycles. The minimum absolute atomic E-state index is 0. The number of halogens is 2. The van der Waals surface area contributed by atoms with E-state index in [0.29, 0.717) is 17.3 Å². The Morgan fingerprint density at radius 1 is 1.32 bits per heavy atom. The van der Waals surface area contributed by atoms with E-state index in [0.717, 1.165) is 44.7 Å². The fourth-order valence-electron chi connectivity index (χ4n) is 2.69. The van der Waals surface area contributed by atoms with E-state index < -0.39 is 0 Å². The van der Waals surface area contributed by atoms with Crippen LogP contribution in [0.15, 0.2) is 34.9 Å². The van der Waals surface area contributed by atoms with Crippen LogP contribution in [0.3, 0.4) is 0 Å². The molecule has 136 valence electrons. The lowest BCUT2D eigenvalue weighted by Gasteiger charge is -2.26. The molecule has 0 saturated carbocycles. The van der Waals surface area contributed by atoms with Crippen LogP contribution in [0.1, 0.15) is 16.9 Å². The van der Waals surface area contributed by atoms with Gasteiger partial charge < -0.3 is 20.1 Å². The largest absolute Gasteiger partial charge is 0.355 e. The van der Waals surface area contributed by atoms with E-state index in [9.17, 15) is 4.79 Å². The van der Waals surface area contributed by atoms with Crippen LogP contribution >= 0.6 is 24.0 Å². The first-order chi connectivity index (χ1) is 11.7. The smallest absolute Gasteiger partial charge is 0.273 e. The van der Waals surface area contributed by atoms with Gasteiger partial charge in [-0.3, -0.25) is 4.79 Å². The van der Waals surface area contributed by atoms with Gasteiger partial charge in [0.1, 0.15) is 0 Å². The molecule has 8 heteroatoms. The minimum Gasteiger partial charge on any atom is -0.355 e. The van der Waals surface area contributed by atoms with Crippen LogP contribution in [0.25, 0.3) is 11.3 Å². The highest BCUT2D eigenvalue weighted by Gasteiger charge is 2.14. The number of nitrogens with one attached hydrogen (secondary N) is 2. The fraction of sp³-hybridized carbons (Fsp3) is 0.412. The summed E-state index contributed by atoms with van der Waals surface area (Å²) in [5, 5.41) is 10.7. The van der Waals surface area contributed by atoms with Crippen molar-refractivity contribution in [2.75, 3.05) is 39.3 Å². The third-order valence-electron chi connectivity index (χ3n) is 4.00. The molecule has 0 bridgehead atoms. The van der Waals surface area contributed by atoms with E-state index in [1.54, 1.807) is 18.2 Å². The molecule has 0 unspecified atom stereocenters. The summed E-state index contributed by atoms with van der Waals surface area (Å²) in [5.74, 6) is 0.316. The van der Waals surface area contributed by atoms with Crippen molar-refractivity contribution < 1.29 is 9.32 Å². The van der Waals surface area contributed by atoms with Gasteiger partial charge in [0.15, 0.2) is 11.5 Å². The summed E-state index contributed by atoms with van der Waals surface area (Å²) in [6, 6.07) is 8.89. The third kappa shape index (κ3) is 5.71. The second-order valence-electron chi connectivity index (χ2n) is 5.79. The van der Waals surface area contributed by atoms with Crippen LogP contribution in [0, 0.1) is 0 Å². The summed E-state index contributed by atoms with van der Waals surface area (Å²) in [6.07, 6.45) is 0.921. The predicted octanol–water partition coefficient (Wildman–Crippen LogP) is 2.44. The number of hydrogen-bond donors (Lipinski definition) is 2. The molecular weight excluding hydrogens is 363 g/mol. The Balaban J connectivity index is 0.00000225. The molecule has 1 amide bonds. The monoisotopic (exact) mass is 384 g/mol. The SMILES string of the molecule is Cl.O=C(NCCCN1CCNCC1)c1cc(-c2cccc(Cl)c2)on1. The first-order valence-electron chi connectivity index (χ1n) is 8.16.